The molecule has 0 saturated heterocycles. The van der Waals surface area contributed by atoms with Crippen LogP contribution in [0.25, 0.3) is 0 Å². The van der Waals surface area contributed by atoms with Crippen molar-refractivity contribution in [3.63, 3.8) is 0 Å². The van der Waals surface area contributed by atoms with Crippen LogP contribution in [0.3, 0.4) is 0 Å². The molecule has 6 nitrogen and oxygen atoms in total. The van der Waals surface area contributed by atoms with E-state index in [-0.39, 0.29) is 17.9 Å². The molecule has 2 unspecified atom stereocenters. The van der Waals surface area contributed by atoms with E-state index in [0.29, 0.717) is 0 Å². The molecule has 0 fully saturated rings. The Balaban J connectivity index is 2.60. The lowest BCUT2D eigenvalue weighted by Gasteiger charge is -2.20. The van der Waals surface area contributed by atoms with Crippen LogP contribution in [0.5, 0.6) is 0 Å². The number of nitrogens with zero attached hydrogens (tertiary/aromatic N) is 3. The second-order valence-corrected chi connectivity index (χ2v) is 4.44. The second-order valence-electron chi connectivity index (χ2n) is 4.44. The molecule has 1 amide bonds. The van der Waals surface area contributed by atoms with Crippen molar-refractivity contribution in [2.24, 2.45) is 18.7 Å². The van der Waals surface area contributed by atoms with E-state index in [1.54, 1.807) is 10.9 Å². The number of nitrogens with one attached hydrogen (secondary N) is 1. The molecule has 1 rings (SSSR count). The van der Waals surface area contributed by atoms with Crippen molar-refractivity contribution in [3.05, 3.63) is 12.2 Å². The summed E-state index contributed by atoms with van der Waals surface area (Å²) in [6.07, 6.45) is 2.49. The summed E-state index contributed by atoms with van der Waals surface area (Å²) in [6.45, 7) is 5.85. The van der Waals surface area contributed by atoms with E-state index in [1.165, 1.54) is 0 Å². The Labute approximate surface area is 102 Å². The van der Waals surface area contributed by atoms with Gasteiger partial charge in [-0.15, -0.1) is 10.2 Å². The molecule has 1 heterocycles. The molecule has 3 atom stereocenters. The van der Waals surface area contributed by atoms with Crippen LogP contribution in [0.1, 0.15) is 39.1 Å². The number of amides is 1. The van der Waals surface area contributed by atoms with Gasteiger partial charge in [0.2, 0.25) is 5.91 Å². The van der Waals surface area contributed by atoms with E-state index in [9.17, 15) is 4.79 Å². The Kier molecular flexibility index (Phi) is 4.62. The normalized spacial score (nSPS) is 16.3. The maximum absolute atomic E-state index is 11.9. The molecule has 0 saturated carbocycles. The zero-order valence-electron chi connectivity index (χ0n) is 10.8. The largest absolute Gasteiger partial charge is 0.345 e. The maximum atomic E-state index is 11.9. The van der Waals surface area contributed by atoms with Gasteiger partial charge in [-0.25, -0.2) is 0 Å². The third-order valence-corrected chi connectivity index (χ3v) is 3.05. The smallest absolute Gasteiger partial charge is 0.237 e. The number of hydrogen-bond donors (Lipinski definition) is 2. The van der Waals surface area contributed by atoms with Crippen molar-refractivity contribution >= 4 is 5.91 Å². The first kappa shape index (κ1) is 13.6. The maximum Gasteiger partial charge on any atom is 0.237 e. The average Bonchev–Trinajstić information content (AvgIpc) is 2.73. The molecule has 0 bridgehead atoms. The Morgan fingerprint density at radius 2 is 2.24 bits per heavy atom. The van der Waals surface area contributed by atoms with Gasteiger partial charge >= 0.3 is 0 Å². The Morgan fingerprint density at radius 1 is 1.59 bits per heavy atom. The molecule has 6 heteroatoms. The van der Waals surface area contributed by atoms with Crippen LogP contribution in [0, 0.1) is 5.92 Å². The third-order valence-electron chi connectivity index (χ3n) is 3.05. The SMILES string of the molecule is CCC(C)[C@H](N)C(=O)NC(C)c1nncn1C. The quantitative estimate of drug-likeness (QED) is 0.777. The number of aryl methyl sites for hydroxylation is 1. The van der Waals surface area contributed by atoms with E-state index in [1.807, 2.05) is 27.8 Å². The number of hydrogen-bond acceptors (Lipinski definition) is 4. The first-order chi connectivity index (χ1) is 7.97. The standard InChI is InChI=1S/C11H21N5O/c1-5-7(2)9(12)11(17)14-8(3)10-15-13-6-16(10)4/h6-9H,5,12H2,1-4H3,(H,14,17)/t7?,8?,9-/m0/s1. The first-order valence-electron chi connectivity index (χ1n) is 5.87. The lowest BCUT2D eigenvalue weighted by molar-refractivity contribution is -0.124. The Hall–Kier alpha value is -1.43. The number of carbonyl (C=O) groups excluding carboxylic acids is 1. The number of nitrogens with two attached hydrogens (primary N) is 1. The fourth-order valence-corrected chi connectivity index (χ4v) is 1.57. The van der Waals surface area contributed by atoms with Crippen LogP contribution in [0.4, 0.5) is 0 Å². The molecule has 3 N–H and O–H groups in total. The van der Waals surface area contributed by atoms with Gasteiger partial charge in [-0.3, -0.25) is 4.79 Å². The van der Waals surface area contributed by atoms with Crippen LogP contribution in [0.15, 0.2) is 6.33 Å². The zero-order valence-corrected chi connectivity index (χ0v) is 10.8. The van der Waals surface area contributed by atoms with Crippen molar-refractivity contribution in [1.82, 2.24) is 20.1 Å². The van der Waals surface area contributed by atoms with Crippen LogP contribution in [0.2, 0.25) is 0 Å². The van der Waals surface area contributed by atoms with Gasteiger partial charge in [0.15, 0.2) is 5.82 Å². The summed E-state index contributed by atoms with van der Waals surface area (Å²) in [4.78, 5) is 11.9. The fourth-order valence-electron chi connectivity index (χ4n) is 1.57. The molecular weight excluding hydrogens is 218 g/mol. The molecule has 1 aromatic rings. The summed E-state index contributed by atoms with van der Waals surface area (Å²) in [6, 6.07) is -0.666. The summed E-state index contributed by atoms with van der Waals surface area (Å²) < 4.78 is 1.78. The predicted octanol–water partition coefficient (Wildman–Crippen LogP) is 0.366. The van der Waals surface area contributed by atoms with E-state index >= 15 is 0 Å². The van der Waals surface area contributed by atoms with Gasteiger partial charge in [-0.2, -0.15) is 0 Å². The van der Waals surface area contributed by atoms with Gasteiger partial charge < -0.3 is 15.6 Å². The predicted molar refractivity (Wildman–Crippen MR) is 65.0 cm³/mol. The molecule has 17 heavy (non-hydrogen) atoms. The number of rotatable bonds is 5. The number of aromatic nitrogens is 3. The summed E-state index contributed by atoms with van der Waals surface area (Å²) in [5, 5.41) is 10.6. The van der Waals surface area contributed by atoms with E-state index in [2.05, 4.69) is 15.5 Å². The molecule has 0 aliphatic carbocycles. The summed E-state index contributed by atoms with van der Waals surface area (Å²) in [5.41, 5.74) is 5.86. The van der Waals surface area contributed by atoms with Crippen molar-refractivity contribution in [2.75, 3.05) is 0 Å². The molecule has 0 aliphatic rings. The number of carbonyl (C=O) groups is 1. The molecule has 1 aromatic heterocycles. The molecule has 0 aliphatic heterocycles. The monoisotopic (exact) mass is 239 g/mol. The highest BCUT2D eigenvalue weighted by Crippen LogP contribution is 2.10. The Morgan fingerprint density at radius 3 is 2.71 bits per heavy atom. The van der Waals surface area contributed by atoms with Gasteiger partial charge in [0.05, 0.1) is 12.1 Å². The summed E-state index contributed by atoms with van der Waals surface area (Å²) in [7, 11) is 1.84. The summed E-state index contributed by atoms with van der Waals surface area (Å²) >= 11 is 0. The van der Waals surface area contributed by atoms with Crippen molar-refractivity contribution in [1.29, 1.82) is 0 Å². The van der Waals surface area contributed by atoms with E-state index < -0.39 is 6.04 Å². The first-order valence-corrected chi connectivity index (χ1v) is 5.87. The fraction of sp³-hybridized carbons (Fsp3) is 0.727. The lowest BCUT2D eigenvalue weighted by Crippen LogP contribution is -2.45. The molecule has 0 radical (unpaired) electrons. The van der Waals surface area contributed by atoms with Gasteiger partial charge in [0.25, 0.3) is 0 Å². The molecule has 96 valence electrons. The highest BCUT2D eigenvalue weighted by Gasteiger charge is 2.22. The van der Waals surface area contributed by atoms with E-state index in [0.717, 1.165) is 12.2 Å². The lowest BCUT2D eigenvalue weighted by atomic mass is 9.99. The van der Waals surface area contributed by atoms with Crippen LogP contribution < -0.4 is 11.1 Å². The highest BCUT2D eigenvalue weighted by atomic mass is 16.2. The van der Waals surface area contributed by atoms with E-state index in [4.69, 9.17) is 5.73 Å². The topological polar surface area (TPSA) is 85.8 Å². The zero-order chi connectivity index (χ0) is 13.0. The van der Waals surface area contributed by atoms with Gasteiger partial charge in [0.1, 0.15) is 6.33 Å². The highest BCUT2D eigenvalue weighted by molar-refractivity contribution is 5.82. The minimum absolute atomic E-state index is 0.144. The van der Waals surface area contributed by atoms with Crippen LogP contribution in [-0.4, -0.2) is 26.7 Å². The summed E-state index contributed by atoms with van der Waals surface area (Å²) in [5.74, 6) is 0.742. The van der Waals surface area contributed by atoms with Crippen molar-refractivity contribution in [3.8, 4) is 0 Å². The van der Waals surface area contributed by atoms with Gasteiger partial charge in [0, 0.05) is 7.05 Å². The minimum atomic E-state index is -0.476. The van der Waals surface area contributed by atoms with Crippen molar-refractivity contribution in [2.45, 2.75) is 39.3 Å². The van der Waals surface area contributed by atoms with Crippen molar-refractivity contribution < 1.29 is 4.79 Å². The Bertz CT molecular complexity index is 376. The second kappa shape index (κ2) is 5.77. The van der Waals surface area contributed by atoms with Crippen LogP contribution >= 0.6 is 0 Å². The van der Waals surface area contributed by atoms with Gasteiger partial charge in [-0.05, 0) is 12.8 Å². The molecule has 0 spiro atoms. The molecular formula is C11H21N5O. The third kappa shape index (κ3) is 3.26. The molecule has 0 aromatic carbocycles. The van der Waals surface area contributed by atoms with Gasteiger partial charge in [-0.1, -0.05) is 20.3 Å². The van der Waals surface area contributed by atoms with Crippen LogP contribution in [-0.2, 0) is 11.8 Å². The average molecular weight is 239 g/mol. The minimum Gasteiger partial charge on any atom is -0.345 e.